The quantitative estimate of drug-likeness (QED) is 0.421. The predicted molar refractivity (Wildman–Crippen MR) is 38.9 cm³/mol. The monoisotopic (exact) mass is 142 g/mol. The molecule has 0 spiro atoms. The van der Waals surface area contributed by atoms with Crippen molar-refractivity contribution in [2.24, 2.45) is 10.7 Å². The van der Waals surface area contributed by atoms with E-state index < -0.39 is 5.97 Å². The molecule has 0 rings (SSSR count). The largest absolute Gasteiger partial charge is 0.477 e. The van der Waals surface area contributed by atoms with Crippen LogP contribution < -0.4 is 5.73 Å². The first-order chi connectivity index (χ1) is 4.57. The van der Waals surface area contributed by atoms with E-state index >= 15 is 0 Å². The van der Waals surface area contributed by atoms with Gasteiger partial charge in [-0.25, -0.2) is 4.79 Å². The lowest BCUT2D eigenvalue weighted by atomic mass is 10.3. The van der Waals surface area contributed by atoms with Crippen LogP contribution in [0.5, 0.6) is 0 Å². The number of carbonyl (C=O) groups is 1. The Labute approximate surface area is 59.1 Å². The molecule has 0 heterocycles. The number of hydrogen-bond acceptors (Lipinski definition) is 3. The molecule has 0 aromatic carbocycles. The Bertz CT molecular complexity index is 194. The molecule has 0 amide bonds. The average Bonchev–Trinajstić information content (AvgIpc) is 1.87. The molecule has 0 aromatic rings. The topological polar surface area (TPSA) is 75.7 Å². The summed E-state index contributed by atoms with van der Waals surface area (Å²) in [5, 5.41) is 8.28. The van der Waals surface area contributed by atoms with Crippen molar-refractivity contribution in [1.82, 2.24) is 0 Å². The molecule has 10 heavy (non-hydrogen) atoms. The molecule has 0 fully saturated rings. The summed E-state index contributed by atoms with van der Waals surface area (Å²) in [6.45, 7) is 1.68. The fourth-order valence-electron chi connectivity index (χ4n) is 0.351. The summed E-state index contributed by atoms with van der Waals surface area (Å²) in [6, 6.07) is 0. The van der Waals surface area contributed by atoms with Gasteiger partial charge in [-0.3, -0.25) is 4.99 Å². The summed E-state index contributed by atoms with van der Waals surface area (Å²) in [4.78, 5) is 13.8. The van der Waals surface area contributed by atoms with Gasteiger partial charge in [-0.15, -0.1) is 0 Å². The Hall–Kier alpha value is -1.32. The van der Waals surface area contributed by atoms with Crippen LogP contribution >= 0.6 is 0 Å². The van der Waals surface area contributed by atoms with Gasteiger partial charge < -0.3 is 10.8 Å². The lowest BCUT2D eigenvalue weighted by Crippen LogP contribution is -2.11. The van der Waals surface area contributed by atoms with Gasteiger partial charge in [-0.1, -0.05) is 0 Å². The fourth-order valence-corrected chi connectivity index (χ4v) is 0.351. The normalized spacial score (nSPS) is 13.4. The molecular weight excluding hydrogens is 132 g/mol. The van der Waals surface area contributed by atoms with Crippen molar-refractivity contribution in [3.05, 3.63) is 11.8 Å². The molecule has 0 unspecified atom stereocenters. The maximum absolute atomic E-state index is 10.1. The van der Waals surface area contributed by atoms with Crippen molar-refractivity contribution in [1.29, 1.82) is 0 Å². The second-order valence-electron chi connectivity index (χ2n) is 1.77. The van der Waals surface area contributed by atoms with Crippen LogP contribution in [-0.4, -0.2) is 23.8 Å². The van der Waals surface area contributed by atoms with E-state index in [9.17, 15) is 4.79 Å². The molecule has 0 aliphatic rings. The summed E-state index contributed by atoms with van der Waals surface area (Å²) < 4.78 is 0. The van der Waals surface area contributed by atoms with Gasteiger partial charge in [0, 0.05) is 12.8 Å². The zero-order valence-corrected chi connectivity index (χ0v) is 5.96. The molecule has 4 heteroatoms. The predicted octanol–water partition coefficient (Wildman–Crippen LogP) is 0.00430. The van der Waals surface area contributed by atoms with Crippen LogP contribution in [0.15, 0.2) is 16.8 Å². The molecule has 4 nitrogen and oxygen atoms in total. The number of carboxylic acids is 1. The van der Waals surface area contributed by atoms with Gasteiger partial charge in [0.25, 0.3) is 0 Å². The van der Waals surface area contributed by atoms with Crippen molar-refractivity contribution in [3.63, 3.8) is 0 Å². The van der Waals surface area contributed by atoms with Crippen LogP contribution in [0.2, 0.25) is 0 Å². The van der Waals surface area contributed by atoms with Crippen LogP contribution in [0.4, 0.5) is 0 Å². The second kappa shape index (κ2) is 3.66. The van der Waals surface area contributed by atoms with Crippen molar-refractivity contribution < 1.29 is 9.90 Å². The van der Waals surface area contributed by atoms with Gasteiger partial charge in [-0.05, 0) is 13.0 Å². The standard InChI is InChI=1S/C6H10N2O2/c1-4(8-2)3-5(7)6(9)10/h3H,7H2,1-2H3,(H,9,10)/b5-3-,8-4?. The molecule has 3 N–H and O–H groups in total. The van der Waals surface area contributed by atoms with Gasteiger partial charge >= 0.3 is 5.97 Å². The van der Waals surface area contributed by atoms with Crippen molar-refractivity contribution in [3.8, 4) is 0 Å². The van der Waals surface area contributed by atoms with Crippen molar-refractivity contribution in [2.45, 2.75) is 6.92 Å². The average molecular weight is 142 g/mol. The number of nitrogens with two attached hydrogens (primary N) is 1. The minimum Gasteiger partial charge on any atom is -0.477 e. The number of nitrogens with zero attached hydrogens (tertiary/aromatic N) is 1. The highest BCUT2D eigenvalue weighted by Crippen LogP contribution is 1.85. The van der Waals surface area contributed by atoms with Crippen molar-refractivity contribution in [2.75, 3.05) is 7.05 Å². The molecule has 0 saturated carbocycles. The van der Waals surface area contributed by atoms with E-state index in [4.69, 9.17) is 10.8 Å². The third-order valence-electron chi connectivity index (χ3n) is 0.964. The number of aliphatic imine (C=N–C) groups is 1. The summed E-state index contributed by atoms with van der Waals surface area (Å²) in [7, 11) is 1.57. The molecule has 56 valence electrons. The zero-order chi connectivity index (χ0) is 8.15. The van der Waals surface area contributed by atoms with Gasteiger partial charge in [0.05, 0.1) is 0 Å². The van der Waals surface area contributed by atoms with Crippen LogP contribution in [0, 0.1) is 0 Å². The van der Waals surface area contributed by atoms with Crippen LogP contribution in [0.3, 0.4) is 0 Å². The Morgan fingerprint density at radius 2 is 2.20 bits per heavy atom. The van der Waals surface area contributed by atoms with Crippen LogP contribution in [-0.2, 0) is 4.79 Å². The Balaban J connectivity index is 4.31. The molecule has 0 aromatic heterocycles. The minimum absolute atomic E-state index is 0.192. The van der Waals surface area contributed by atoms with Gasteiger partial charge in [0.2, 0.25) is 0 Å². The van der Waals surface area contributed by atoms with Crippen LogP contribution in [0.1, 0.15) is 6.92 Å². The van der Waals surface area contributed by atoms with E-state index in [1.165, 1.54) is 6.08 Å². The SMILES string of the molecule is CN=C(C)/C=C(\N)C(=O)O. The molecule has 0 aliphatic carbocycles. The molecule has 0 bridgehead atoms. The molecule has 0 atom stereocenters. The lowest BCUT2D eigenvalue weighted by molar-refractivity contribution is -0.132. The number of carboxylic acid groups (broad SMARTS) is 1. The molecule has 0 aliphatic heterocycles. The first kappa shape index (κ1) is 8.68. The summed E-state index contributed by atoms with van der Waals surface area (Å²) in [5.74, 6) is -1.12. The number of rotatable bonds is 2. The number of allylic oxidation sites excluding steroid dienone is 1. The Morgan fingerprint density at radius 3 is 2.50 bits per heavy atom. The third kappa shape index (κ3) is 2.86. The highest BCUT2D eigenvalue weighted by molar-refractivity contribution is 5.99. The first-order valence-electron chi connectivity index (χ1n) is 2.71. The lowest BCUT2D eigenvalue weighted by Gasteiger charge is -1.91. The minimum atomic E-state index is -1.12. The third-order valence-corrected chi connectivity index (χ3v) is 0.964. The number of aliphatic carboxylic acids is 1. The summed E-state index contributed by atoms with van der Waals surface area (Å²) in [5.41, 5.74) is 5.48. The highest BCUT2D eigenvalue weighted by atomic mass is 16.4. The zero-order valence-electron chi connectivity index (χ0n) is 5.96. The first-order valence-corrected chi connectivity index (χ1v) is 2.71. The van der Waals surface area contributed by atoms with Gasteiger partial charge in [-0.2, -0.15) is 0 Å². The second-order valence-corrected chi connectivity index (χ2v) is 1.77. The Kier molecular flexibility index (Phi) is 3.17. The van der Waals surface area contributed by atoms with E-state index in [-0.39, 0.29) is 5.70 Å². The van der Waals surface area contributed by atoms with Crippen LogP contribution in [0.25, 0.3) is 0 Å². The van der Waals surface area contributed by atoms with E-state index in [1.54, 1.807) is 14.0 Å². The van der Waals surface area contributed by atoms with E-state index in [0.29, 0.717) is 5.71 Å². The summed E-state index contributed by atoms with van der Waals surface area (Å²) in [6.07, 6.45) is 1.31. The van der Waals surface area contributed by atoms with Gasteiger partial charge in [0.1, 0.15) is 5.70 Å². The van der Waals surface area contributed by atoms with Crippen molar-refractivity contribution >= 4 is 11.7 Å². The van der Waals surface area contributed by atoms with Gasteiger partial charge in [0.15, 0.2) is 0 Å². The maximum atomic E-state index is 10.1. The molecule has 0 saturated heterocycles. The van der Waals surface area contributed by atoms with E-state index in [0.717, 1.165) is 0 Å². The van der Waals surface area contributed by atoms with E-state index in [1.807, 2.05) is 0 Å². The smallest absolute Gasteiger partial charge is 0.351 e. The summed E-state index contributed by atoms with van der Waals surface area (Å²) >= 11 is 0. The molecular formula is C6H10N2O2. The molecule has 0 radical (unpaired) electrons. The maximum Gasteiger partial charge on any atom is 0.351 e. The fraction of sp³-hybridized carbons (Fsp3) is 0.333. The highest BCUT2D eigenvalue weighted by Gasteiger charge is 1.99. The number of hydrogen-bond donors (Lipinski definition) is 2. The van der Waals surface area contributed by atoms with E-state index in [2.05, 4.69) is 4.99 Å². The Morgan fingerprint density at radius 1 is 1.70 bits per heavy atom.